The molecular weight excluding hydrogens is 306 g/mol. The molecule has 7 heteroatoms. The van der Waals surface area contributed by atoms with Crippen molar-refractivity contribution in [1.29, 1.82) is 0 Å². The molecule has 1 aliphatic rings. The maximum Gasteiger partial charge on any atom is 0.274 e. The summed E-state index contributed by atoms with van der Waals surface area (Å²) in [7, 11) is 0. The Bertz CT molecular complexity index is 704. The lowest BCUT2D eigenvalue weighted by Crippen LogP contribution is -2.46. The molecule has 24 heavy (non-hydrogen) atoms. The Morgan fingerprint density at radius 2 is 2.08 bits per heavy atom. The molecule has 1 saturated heterocycles. The van der Waals surface area contributed by atoms with Crippen molar-refractivity contribution in [2.45, 2.75) is 32.8 Å². The van der Waals surface area contributed by atoms with Crippen LogP contribution in [0.1, 0.15) is 34.0 Å². The van der Waals surface area contributed by atoms with Crippen LogP contribution in [0.25, 0.3) is 0 Å². The molecule has 0 aliphatic carbocycles. The predicted octanol–water partition coefficient (Wildman–Crippen LogP) is 1.36. The molecule has 1 amide bonds. The van der Waals surface area contributed by atoms with Gasteiger partial charge in [0.05, 0.1) is 24.6 Å². The summed E-state index contributed by atoms with van der Waals surface area (Å²) in [5.41, 5.74) is 3.14. The number of carbonyl (C=O) groups excluding carboxylic acids is 1. The Hall–Kier alpha value is -2.41. The van der Waals surface area contributed by atoms with E-state index in [0.717, 1.165) is 29.9 Å². The van der Waals surface area contributed by atoms with E-state index in [0.29, 0.717) is 25.4 Å². The van der Waals surface area contributed by atoms with Crippen molar-refractivity contribution in [3.05, 3.63) is 47.6 Å². The summed E-state index contributed by atoms with van der Waals surface area (Å²) in [6.45, 7) is 5.49. The van der Waals surface area contributed by atoms with Gasteiger partial charge in [0.25, 0.3) is 5.91 Å². The Balaban J connectivity index is 1.57. The van der Waals surface area contributed by atoms with E-state index in [1.54, 1.807) is 17.4 Å². The van der Waals surface area contributed by atoms with E-state index in [1.807, 2.05) is 19.9 Å². The lowest BCUT2D eigenvalue weighted by molar-refractivity contribution is -0.0248. The first-order chi connectivity index (χ1) is 11.6. The van der Waals surface area contributed by atoms with Crippen molar-refractivity contribution in [2.24, 2.45) is 0 Å². The van der Waals surface area contributed by atoms with Gasteiger partial charge in [0, 0.05) is 30.7 Å². The van der Waals surface area contributed by atoms with Gasteiger partial charge in [0.1, 0.15) is 12.0 Å². The van der Waals surface area contributed by atoms with Crippen molar-refractivity contribution in [1.82, 2.24) is 24.8 Å². The highest BCUT2D eigenvalue weighted by Crippen LogP contribution is 2.14. The van der Waals surface area contributed by atoms with Crippen LogP contribution in [-0.2, 0) is 11.2 Å². The van der Waals surface area contributed by atoms with Crippen LogP contribution >= 0.6 is 0 Å². The van der Waals surface area contributed by atoms with E-state index in [4.69, 9.17) is 4.74 Å². The number of rotatable bonds is 4. The van der Waals surface area contributed by atoms with E-state index in [1.165, 1.54) is 6.20 Å². The van der Waals surface area contributed by atoms with Gasteiger partial charge in [-0.05, 0) is 32.8 Å². The zero-order chi connectivity index (χ0) is 16.9. The van der Waals surface area contributed by atoms with Crippen LogP contribution in [0.5, 0.6) is 0 Å². The molecule has 2 aromatic rings. The number of hydrogen-bond acceptors (Lipinski definition) is 6. The number of aromatic nitrogens is 4. The number of ether oxygens (including phenoxy) is 1. The van der Waals surface area contributed by atoms with Crippen LogP contribution < -0.4 is 0 Å². The van der Waals surface area contributed by atoms with Crippen molar-refractivity contribution >= 4 is 5.91 Å². The number of carbonyl (C=O) groups is 1. The standard InChI is InChI=1S/C17H21N5O2/c1-12-7-14(21-11-20-12)3-4-15-10-22(5-6-24-15)17(23)16-9-18-13(2)8-19-16/h7-9,11,15H,3-6,10H2,1-2H3/t15-/m1/s1. The molecule has 1 atom stereocenters. The molecule has 0 bridgehead atoms. The zero-order valence-corrected chi connectivity index (χ0v) is 14.0. The maximum atomic E-state index is 12.5. The first-order valence-corrected chi connectivity index (χ1v) is 8.09. The van der Waals surface area contributed by atoms with Gasteiger partial charge in [-0.2, -0.15) is 0 Å². The van der Waals surface area contributed by atoms with E-state index in [9.17, 15) is 4.79 Å². The third kappa shape index (κ3) is 4.11. The monoisotopic (exact) mass is 327 g/mol. The van der Waals surface area contributed by atoms with Gasteiger partial charge in [-0.25, -0.2) is 15.0 Å². The molecule has 1 fully saturated rings. The van der Waals surface area contributed by atoms with Gasteiger partial charge in [0.15, 0.2) is 0 Å². The predicted molar refractivity (Wildman–Crippen MR) is 87.5 cm³/mol. The molecule has 126 valence electrons. The van der Waals surface area contributed by atoms with Gasteiger partial charge in [-0.15, -0.1) is 0 Å². The van der Waals surface area contributed by atoms with Gasteiger partial charge < -0.3 is 9.64 Å². The molecule has 0 unspecified atom stereocenters. The lowest BCUT2D eigenvalue weighted by Gasteiger charge is -2.32. The van der Waals surface area contributed by atoms with Crippen molar-refractivity contribution in [3.8, 4) is 0 Å². The summed E-state index contributed by atoms with van der Waals surface area (Å²) >= 11 is 0. The molecule has 0 N–H and O–H groups in total. The number of morpholine rings is 1. The van der Waals surface area contributed by atoms with Crippen LogP contribution in [0, 0.1) is 13.8 Å². The van der Waals surface area contributed by atoms with Crippen LogP contribution in [0.3, 0.4) is 0 Å². The minimum absolute atomic E-state index is 0.0105. The molecular formula is C17H21N5O2. The molecule has 2 aromatic heterocycles. The number of hydrogen-bond donors (Lipinski definition) is 0. The topological polar surface area (TPSA) is 81.1 Å². The fourth-order valence-electron chi connectivity index (χ4n) is 2.70. The summed E-state index contributed by atoms with van der Waals surface area (Å²) < 4.78 is 5.79. The SMILES string of the molecule is Cc1cnc(C(=O)N2CCO[C@H](CCc3cc(C)ncn3)C2)cn1. The Labute approximate surface area is 141 Å². The molecule has 3 rings (SSSR count). The summed E-state index contributed by atoms with van der Waals surface area (Å²) in [6.07, 6.45) is 6.36. The fraction of sp³-hybridized carbons (Fsp3) is 0.471. The first-order valence-electron chi connectivity index (χ1n) is 8.09. The largest absolute Gasteiger partial charge is 0.375 e. The maximum absolute atomic E-state index is 12.5. The molecule has 0 saturated carbocycles. The number of amides is 1. The molecule has 1 aliphatic heterocycles. The lowest BCUT2D eigenvalue weighted by atomic mass is 10.1. The average molecular weight is 327 g/mol. The molecule has 0 aromatic carbocycles. The Morgan fingerprint density at radius 3 is 2.83 bits per heavy atom. The number of aryl methyl sites for hydroxylation is 3. The molecule has 0 spiro atoms. The second-order valence-corrected chi connectivity index (χ2v) is 5.98. The highest BCUT2D eigenvalue weighted by Gasteiger charge is 2.25. The normalized spacial score (nSPS) is 17.8. The van der Waals surface area contributed by atoms with Gasteiger partial charge in [-0.3, -0.25) is 9.78 Å². The number of nitrogens with zero attached hydrogens (tertiary/aromatic N) is 5. The minimum Gasteiger partial charge on any atom is -0.375 e. The fourth-order valence-corrected chi connectivity index (χ4v) is 2.70. The van der Waals surface area contributed by atoms with Gasteiger partial charge in [0.2, 0.25) is 0 Å². The third-order valence-electron chi connectivity index (χ3n) is 4.01. The minimum atomic E-state index is -0.0892. The smallest absolute Gasteiger partial charge is 0.274 e. The summed E-state index contributed by atoms with van der Waals surface area (Å²) in [4.78, 5) is 31.0. The van der Waals surface area contributed by atoms with E-state index in [-0.39, 0.29) is 12.0 Å². The highest BCUT2D eigenvalue weighted by molar-refractivity contribution is 5.92. The van der Waals surface area contributed by atoms with Crippen molar-refractivity contribution in [3.63, 3.8) is 0 Å². The van der Waals surface area contributed by atoms with Crippen LogP contribution in [0.4, 0.5) is 0 Å². The van der Waals surface area contributed by atoms with Gasteiger partial charge >= 0.3 is 0 Å². The van der Waals surface area contributed by atoms with E-state index < -0.39 is 0 Å². The average Bonchev–Trinajstić information content (AvgIpc) is 2.60. The summed E-state index contributed by atoms with van der Waals surface area (Å²) in [6, 6.07) is 1.98. The molecule has 7 nitrogen and oxygen atoms in total. The summed E-state index contributed by atoms with van der Waals surface area (Å²) in [5, 5.41) is 0. The zero-order valence-electron chi connectivity index (χ0n) is 14.0. The van der Waals surface area contributed by atoms with Gasteiger partial charge in [-0.1, -0.05) is 0 Å². The van der Waals surface area contributed by atoms with E-state index >= 15 is 0 Å². The van der Waals surface area contributed by atoms with Crippen LogP contribution in [-0.4, -0.2) is 56.5 Å². The first kappa shape index (κ1) is 16.4. The Morgan fingerprint density at radius 1 is 1.21 bits per heavy atom. The van der Waals surface area contributed by atoms with Crippen LogP contribution in [0.2, 0.25) is 0 Å². The highest BCUT2D eigenvalue weighted by atomic mass is 16.5. The second-order valence-electron chi connectivity index (χ2n) is 5.98. The van der Waals surface area contributed by atoms with E-state index in [2.05, 4.69) is 19.9 Å². The third-order valence-corrected chi connectivity index (χ3v) is 4.01. The van der Waals surface area contributed by atoms with Crippen molar-refractivity contribution in [2.75, 3.05) is 19.7 Å². The quantitative estimate of drug-likeness (QED) is 0.843. The molecule has 0 radical (unpaired) electrons. The summed E-state index contributed by atoms with van der Waals surface area (Å²) in [5.74, 6) is -0.0892. The molecule has 3 heterocycles. The second kappa shape index (κ2) is 7.44. The van der Waals surface area contributed by atoms with Crippen LogP contribution in [0.15, 0.2) is 24.8 Å². The van der Waals surface area contributed by atoms with Crippen molar-refractivity contribution < 1.29 is 9.53 Å². The Kier molecular flexibility index (Phi) is 5.10.